The standard InChI is InChI=1S/C26H37N3O3/c1-20(30)23-19-28(25-11-4-3-9-22(23)25)15-12-26(31)29(16-17-32-2)18-21-8-7-14-27-13-6-5-10-24(21)27/h3-4,9,11,19,21,24H,5-8,10,12-18H2,1-2H3. The lowest BCUT2D eigenvalue weighted by atomic mass is 9.83. The molecular weight excluding hydrogens is 402 g/mol. The molecule has 6 heteroatoms. The average Bonchev–Trinajstić information content (AvgIpc) is 3.19. The quantitative estimate of drug-likeness (QED) is 0.555. The summed E-state index contributed by atoms with van der Waals surface area (Å²) in [4.78, 5) is 30.1. The van der Waals surface area contributed by atoms with Crippen LogP contribution in [0.3, 0.4) is 0 Å². The number of carbonyl (C=O) groups excluding carboxylic acids is 2. The number of Topliss-reactive ketones (excluding diaryl/α,β-unsaturated/α-hetero) is 1. The van der Waals surface area contributed by atoms with Gasteiger partial charge in [-0.3, -0.25) is 9.59 Å². The topological polar surface area (TPSA) is 54.8 Å². The van der Waals surface area contributed by atoms with Gasteiger partial charge in [-0.2, -0.15) is 0 Å². The molecule has 2 fully saturated rings. The second-order valence-corrected chi connectivity index (χ2v) is 9.39. The van der Waals surface area contributed by atoms with Gasteiger partial charge in [-0.1, -0.05) is 24.6 Å². The number of ketones is 1. The Bertz CT molecular complexity index is 936. The Labute approximate surface area is 191 Å². The van der Waals surface area contributed by atoms with Crippen LogP contribution in [0, 0.1) is 5.92 Å². The Morgan fingerprint density at radius 1 is 1.12 bits per heavy atom. The molecule has 0 aliphatic carbocycles. The number of carbonyl (C=O) groups is 2. The molecule has 2 saturated heterocycles. The maximum absolute atomic E-state index is 13.3. The summed E-state index contributed by atoms with van der Waals surface area (Å²) >= 11 is 0. The Hall–Kier alpha value is -2.18. The predicted molar refractivity (Wildman–Crippen MR) is 127 cm³/mol. The SMILES string of the molecule is COCCN(CC1CCCN2CCCCC12)C(=O)CCn1cc(C(C)=O)c2ccccc21. The van der Waals surface area contributed by atoms with Crippen LogP contribution in [-0.2, 0) is 16.1 Å². The van der Waals surface area contributed by atoms with Gasteiger partial charge in [0.2, 0.25) is 5.91 Å². The van der Waals surface area contributed by atoms with Crippen LogP contribution in [0.2, 0.25) is 0 Å². The summed E-state index contributed by atoms with van der Waals surface area (Å²) in [5.41, 5.74) is 1.74. The number of hydrogen-bond acceptors (Lipinski definition) is 4. The van der Waals surface area contributed by atoms with Gasteiger partial charge in [-0.15, -0.1) is 0 Å². The molecule has 2 aliphatic rings. The van der Waals surface area contributed by atoms with Crippen molar-refractivity contribution in [3.63, 3.8) is 0 Å². The van der Waals surface area contributed by atoms with Crippen molar-refractivity contribution in [3.05, 3.63) is 36.0 Å². The van der Waals surface area contributed by atoms with Crippen LogP contribution in [-0.4, -0.2) is 72.0 Å². The monoisotopic (exact) mass is 439 g/mol. The normalized spacial score (nSPS) is 21.4. The summed E-state index contributed by atoms with van der Waals surface area (Å²) in [5, 5.41) is 0.961. The molecule has 1 aromatic carbocycles. The Morgan fingerprint density at radius 3 is 2.75 bits per heavy atom. The van der Waals surface area contributed by atoms with Crippen LogP contribution in [0.5, 0.6) is 0 Å². The molecule has 174 valence electrons. The zero-order chi connectivity index (χ0) is 22.5. The highest BCUT2D eigenvalue weighted by Gasteiger charge is 2.34. The number of nitrogens with zero attached hydrogens (tertiary/aromatic N) is 3. The number of aryl methyl sites for hydroxylation is 1. The maximum Gasteiger partial charge on any atom is 0.224 e. The number of rotatable bonds is 9. The van der Waals surface area contributed by atoms with Gasteiger partial charge in [0.25, 0.3) is 0 Å². The first-order valence-corrected chi connectivity index (χ1v) is 12.2. The van der Waals surface area contributed by atoms with E-state index in [9.17, 15) is 9.59 Å². The van der Waals surface area contributed by atoms with E-state index in [1.54, 1.807) is 14.0 Å². The fourth-order valence-corrected chi connectivity index (χ4v) is 5.68. The van der Waals surface area contributed by atoms with Crippen molar-refractivity contribution in [2.75, 3.05) is 39.9 Å². The molecule has 2 unspecified atom stereocenters. The lowest BCUT2D eigenvalue weighted by molar-refractivity contribution is -0.133. The van der Waals surface area contributed by atoms with Crippen LogP contribution >= 0.6 is 0 Å². The first-order chi connectivity index (χ1) is 15.6. The molecule has 1 amide bonds. The van der Waals surface area contributed by atoms with E-state index >= 15 is 0 Å². The lowest BCUT2D eigenvalue weighted by Gasteiger charge is -2.45. The molecule has 32 heavy (non-hydrogen) atoms. The van der Waals surface area contributed by atoms with Crippen LogP contribution in [0.25, 0.3) is 10.9 Å². The number of fused-ring (bicyclic) bond motifs is 2. The molecule has 0 N–H and O–H groups in total. The predicted octanol–water partition coefficient (Wildman–Crippen LogP) is 3.97. The van der Waals surface area contributed by atoms with Crippen LogP contribution < -0.4 is 0 Å². The summed E-state index contributed by atoms with van der Waals surface area (Å²) < 4.78 is 7.38. The number of methoxy groups -OCH3 is 1. The van der Waals surface area contributed by atoms with Crippen molar-refractivity contribution in [1.29, 1.82) is 0 Å². The van der Waals surface area contributed by atoms with Crippen molar-refractivity contribution in [3.8, 4) is 0 Å². The van der Waals surface area contributed by atoms with E-state index in [1.165, 1.54) is 45.2 Å². The van der Waals surface area contributed by atoms with Gasteiger partial charge in [-0.05, 0) is 57.7 Å². The molecule has 1 aromatic heterocycles. The third-order valence-corrected chi connectivity index (χ3v) is 7.34. The zero-order valence-electron chi connectivity index (χ0n) is 19.6. The highest BCUT2D eigenvalue weighted by atomic mass is 16.5. The van der Waals surface area contributed by atoms with Gasteiger partial charge in [0.1, 0.15) is 0 Å². The second kappa shape index (κ2) is 10.6. The lowest BCUT2D eigenvalue weighted by Crippen LogP contribution is -2.52. The third kappa shape index (κ3) is 5.07. The fraction of sp³-hybridized carbons (Fsp3) is 0.615. The van der Waals surface area contributed by atoms with Gasteiger partial charge < -0.3 is 19.1 Å². The Balaban J connectivity index is 1.44. The van der Waals surface area contributed by atoms with Crippen LogP contribution in [0.1, 0.15) is 55.8 Å². The van der Waals surface area contributed by atoms with Gasteiger partial charge >= 0.3 is 0 Å². The number of hydrogen-bond donors (Lipinski definition) is 0. The first kappa shape index (κ1) is 23.0. The second-order valence-electron chi connectivity index (χ2n) is 9.39. The third-order valence-electron chi connectivity index (χ3n) is 7.34. The van der Waals surface area contributed by atoms with Crippen molar-refractivity contribution < 1.29 is 14.3 Å². The highest BCUT2D eigenvalue weighted by molar-refractivity contribution is 6.06. The van der Waals surface area contributed by atoms with Crippen molar-refractivity contribution >= 4 is 22.6 Å². The number of piperidine rings is 2. The summed E-state index contributed by atoms with van der Waals surface area (Å²) in [6.07, 6.45) is 8.66. The minimum absolute atomic E-state index is 0.0577. The van der Waals surface area contributed by atoms with E-state index in [0.29, 0.717) is 38.1 Å². The van der Waals surface area contributed by atoms with E-state index < -0.39 is 0 Å². The first-order valence-electron chi connectivity index (χ1n) is 12.2. The molecule has 6 nitrogen and oxygen atoms in total. The summed E-state index contributed by atoms with van der Waals surface area (Å²) in [6.45, 7) is 6.64. The molecule has 0 spiro atoms. The zero-order valence-corrected chi connectivity index (χ0v) is 19.6. The average molecular weight is 440 g/mol. The number of amides is 1. The smallest absolute Gasteiger partial charge is 0.224 e. The van der Waals surface area contributed by atoms with Crippen molar-refractivity contribution in [2.24, 2.45) is 5.92 Å². The van der Waals surface area contributed by atoms with E-state index in [0.717, 1.165) is 23.0 Å². The minimum Gasteiger partial charge on any atom is -0.383 e. The molecular formula is C26H37N3O3. The van der Waals surface area contributed by atoms with E-state index in [-0.39, 0.29) is 11.7 Å². The molecule has 0 saturated carbocycles. The molecule has 2 aliphatic heterocycles. The molecule has 2 atom stereocenters. The summed E-state index contributed by atoms with van der Waals surface area (Å²) in [7, 11) is 1.70. The number of aromatic nitrogens is 1. The van der Waals surface area contributed by atoms with Crippen LogP contribution in [0.15, 0.2) is 30.5 Å². The molecule has 2 aromatic rings. The van der Waals surface area contributed by atoms with Crippen molar-refractivity contribution in [1.82, 2.24) is 14.4 Å². The van der Waals surface area contributed by atoms with Crippen LogP contribution in [0.4, 0.5) is 0 Å². The van der Waals surface area contributed by atoms with Crippen molar-refractivity contribution in [2.45, 2.75) is 58.0 Å². The minimum atomic E-state index is 0.0577. The molecule has 0 bridgehead atoms. The summed E-state index contributed by atoms with van der Waals surface area (Å²) in [6, 6.07) is 8.56. The molecule has 0 radical (unpaired) electrons. The Kier molecular flexibility index (Phi) is 7.63. The van der Waals surface area contributed by atoms with Gasteiger partial charge in [0.05, 0.1) is 6.61 Å². The largest absolute Gasteiger partial charge is 0.383 e. The van der Waals surface area contributed by atoms with Gasteiger partial charge in [0.15, 0.2) is 5.78 Å². The maximum atomic E-state index is 13.3. The highest BCUT2D eigenvalue weighted by Crippen LogP contribution is 2.31. The van der Waals surface area contributed by atoms with E-state index in [1.807, 2.05) is 35.4 Å². The molecule has 3 heterocycles. The Morgan fingerprint density at radius 2 is 1.94 bits per heavy atom. The number of benzene rings is 1. The number of ether oxygens (including phenoxy) is 1. The number of para-hydroxylation sites is 1. The van der Waals surface area contributed by atoms with Gasteiger partial charge in [-0.25, -0.2) is 0 Å². The van der Waals surface area contributed by atoms with Gasteiger partial charge in [0, 0.05) is 61.9 Å². The van der Waals surface area contributed by atoms with E-state index in [2.05, 4.69) is 9.47 Å². The van der Waals surface area contributed by atoms with E-state index in [4.69, 9.17) is 4.74 Å². The fourth-order valence-electron chi connectivity index (χ4n) is 5.68. The summed E-state index contributed by atoms with van der Waals surface area (Å²) in [5.74, 6) is 0.793. The molecule has 4 rings (SSSR count).